The minimum Gasteiger partial charge on any atom is -0.396 e. The van der Waals surface area contributed by atoms with Crippen LogP contribution in [0, 0.1) is 15.9 Å². The van der Waals surface area contributed by atoms with Crippen LogP contribution in [0.15, 0.2) is 12.1 Å². The first kappa shape index (κ1) is 13.4. The Bertz CT molecular complexity index is 532. The molecule has 0 atom stereocenters. The van der Waals surface area contributed by atoms with Crippen molar-refractivity contribution in [3.05, 3.63) is 33.6 Å². The number of nitro benzene ring substituents is 1. The fraction of sp³-hybridized carbons (Fsp3) is 0.111. The number of nitrogens with two attached hydrogens (primary N) is 2. The average molecular weight is 256 g/mol. The molecule has 1 rings (SSSR count). The molecule has 0 radical (unpaired) electrons. The summed E-state index contributed by atoms with van der Waals surface area (Å²) in [6.07, 6.45) is 0. The smallest absolute Gasteiger partial charge is 0.285 e. The molecule has 0 aromatic heterocycles. The highest BCUT2D eigenvalue weighted by atomic mass is 19.1. The molecule has 0 unspecified atom stereocenters. The number of carbonyl (C=O) groups excluding carboxylic acids is 2. The lowest BCUT2D eigenvalue weighted by Gasteiger charge is -2.05. The molecule has 96 valence electrons. The number of carbonyl (C=O) groups is 2. The molecule has 18 heavy (non-hydrogen) atoms. The number of halogens is 1. The van der Waals surface area contributed by atoms with Gasteiger partial charge in [-0.05, 0) is 6.07 Å². The molecule has 5 N–H and O–H groups in total. The summed E-state index contributed by atoms with van der Waals surface area (Å²) in [5, 5.41) is 12.7. The molecule has 0 aliphatic carbocycles. The number of primary amides is 1. The van der Waals surface area contributed by atoms with Gasteiger partial charge in [0.05, 0.1) is 23.2 Å². The normalized spacial score (nSPS) is 9.83. The van der Waals surface area contributed by atoms with E-state index in [1.807, 2.05) is 5.32 Å². The van der Waals surface area contributed by atoms with Crippen molar-refractivity contribution in [2.24, 2.45) is 5.73 Å². The van der Waals surface area contributed by atoms with Crippen molar-refractivity contribution in [2.45, 2.75) is 0 Å². The lowest BCUT2D eigenvalue weighted by atomic mass is 10.1. The molecular formula is C9H9FN4O4. The van der Waals surface area contributed by atoms with E-state index in [1.165, 1.54) is 0 Å². The highest BCUT2D eigenvalue weighted by Gasteiger charge is 2.22. The summed E-state index contributed by atoms with van der Waals surface area (Å²) in [5.74, 6) is -2.76. The first-order valence-electron chi connectivity index (χ1n) is 4.63. The number of rotatable bonds is 4. The Morgan fingerprint density at radius 1 is 1.44 bits per heavy atom. The van der Waals surface area contributed by atoms with Crippen molar-refractivity contribution < 1.29 is 18.9 Å². The molecule has 0 saturated carbocycles. The third-order valence-electron chi connectivity index (χ3n) is 1.98. The second-order valence-corrected chi connectivity index (χ2v) is 3.30. The molecule has 1 aromatic rings. The van der Waals surface area contributed by atoms with Gasteiger partial charge in [-0.15, -0.1) is 0 Å². The highest BCUT2D eigenvalue weighted by molar-refractivity contribution is 6.00. The third kappa shape index (κ3) is 2.90. The maximum absolute atomic E-state index is 13.1. The molecule has 9 heteroatoms. The van der Waals surface area contributed by atoms with Crippen LogP contribution in [0.3, 0.4) is 0 Å². The number of hydrogen-bond acceptors (Lipinski definition) is 5. The summed E-state index contributed by atoms with van der Waals surface area (Å²) in [6.45, 7) is -0.493. The van der Waals surface area contributed by atoms with Gasteiger partial charge in [-0.3, -0.25) is 19.7 Å². The van der Waals surface area contributed by atoms with E-state index >= 15 is 0 Å². The molecular weight excluding hydrogens is 247 g/mol. The second-order valence-electron chi connectivity index (χ2n) is 3.30. The van der Waals surface area contributed by atoms with Gasteiger partial charge in [-0.1, -0.05) is 0 Å². The van der Waals surface area contributed by atoms with Crippen LogP contribution in [0.4, 0.5) is 15.8 Å². The first-order valence-corrected chi connectivity index (χ1v) is 4.63. The lowest BCUT2D eigenvalue weighted by Crippen LogP contribution is -2.33. The van der Waals surface area contributed by atoms with Gasteiger partial charge >= 0.3 is 0 Å². The van der Waals surface area contributed by atoms with E-state index in [0.29, 0.717) is 6.07 Å². The van der Waals surface area contributed by atoms with Crippen molar-refractivity contribution in [2.75, 3.05) is 12.3 Å². The van der Waals surface area contributed by atoms with Crippen molar-refractivity contribution >= 4 is 23.2 Å². The van der Waals surface area contributed by atoms with Gasteiger partial charge in [-0.25, -0.2) is 4.39 Å². The first-order chi connectivity index (χ1) is 8.32. The number of amides is 2. The lowest BCUT2D eigenvalue weighted by molar-refractivity contribution is -0.385. The Morgan fingerprint density at radius 3 is 2.56 bits per heavy atom. The quantitative estimate of drug-likeness (QED) is 0.379. The van der Waals surface area contributed by atoms with E-state index in [-0.39, 0.29) is 0 Å². The molecule has 0 saturated heterocycles. The molecule has 8 nitrogen and oxygen atoms in total. The summed E-state index contributed by atoms with van der Waals surface area (Å²) < 4.78 is 13.1. The van der Waals surface area contributed by atoms with Gasteiger partial charge in [0.1, 0.15) is 5.56 Å². The van der Waals surface area contributed by atoms with E-state index in [2.05, 4.69) is 0 Å². The SMILES string of the molecule is NC(=O)CNC(=O)c1cc(N)c(F)cc1[N+](=O)[O-]. The number of benzene rings is 1. The topological polar surface area (TPSA) is 141 Å². The Hall–Kier alpha value is -2.71. The number of nitrogens with one attached hydrogen (secondary N) is 1. The van der Waals surface area contributed by atoms with Gasteiger partial charge < -0.3 is 16.8 Å². The van der Waals surface area contributed by atoms with Crippen molar-refractivity contribution in [1.29, 1.82) is 0 Å². The number of hydrogen-bond donors (Lipinski definition) is 3. The molecule has 1 aromatic carbocycles. The fourth-order valence-corrected chi connectivity index (χ4v) is 1.18. The third-order valence-corrected chi connectivity index (χ3v) is 1.98. The number of nitrogen functional groups attached to an aromatic ring is 1. The van der Waals surface area contributed by atoms with E-state index < -0.39 is 46.0 Å². The molecule has 0 spiro atoms. The average Bonchev–Trinajstić information content (AvgIpc) is 2.28. The highest BCUT2D eigenvalue weighted by Crippen LogP contribution is 2.24. The van der Waals surface area contributed by atoms with E-state index in [1.54, 1.807) is 0 Å². The monoisotopic (exact) mass is 256 g/mol. The summed E-state index contributed by atoms with van der Waals surface area (Å²) in [7, 11) is 0. The van der Waals surface area contributed by atoms with Crippen LogP contribution in [0.1, 0.15) is 10.4 Å². The van der Waals surface area contributed by atoms with Gasteiger partial charge in [0.25, 0.3) is 11.6 Å². The molecule has 0 heterocycles. The van der Waals surface area contributed by atoms with Crippen molar-refractivity contribution in [1.82, 2.24) is 5.32 Å². The number of anilines is 1. The van der Waals surface area contributed by atoms with E-state index in [4.69, 9.17) is 11.5 Å². The zero-order valence-electron chi connectivity index (χ0n) is 8.97. The van der Waals surface area contributed by atoms with Gasteiger partial charge in [0, 0.05) is 0 Å². The molecule has 0 fully saturated rings. The molecule has 2 amide bonds. The van der Waals surface area contributed by atoms with Crippen LogP contribution >= 0.6 is 0 Å². The zero-order chi connectivity index (χ0) is 13.9. The minimum atomic E-state index is -1.01. The Kier molecular flexibility index (Phi) is 3.77. The van der Waals surface area contributed by atoms with Gasteiger partial charge in [0.2, 0.25) is 5.91 Å². The van der Waals surface area contributed by atoms with E-state index in [9.17, 15) is 24.1 Å². The van der Waals surface area contributed by atoms with Crippen LogP contribution in [0.5, 0.6) is 0 Å². The standard InChI is InChI=1S/C9H9FN4O4/c10-5-2-7(14(17)18)4(1-6(5)11)9(16)13-3-8(12)15/h1-2H,3,11H2,(H2,12,15)(H,13,16). The van der Waals surface area contributed by atoms with Crippen LogP contribution in [-0.2, 0) is 4.79 Å². The number of nitro groups is 1. The maximum atomic E-state index is 13.1. The zero-order valence-corrected chi connectivity index (χ0v) is 8.97. The predicted octanol–water partition coefficient (Wildman–Crippen LogP) is -0.469. The Labute approximate surface area is 99.9 Å². The number of nitrogens with zero attached hydrogens (tertiary/aromatic N) is 1. The summed E-state index contributed by atoms with van der Waals surface area (Å²) in [4.78, 5) is 31.7. The predicted molar refractivity (Wildman–Crippen MR) is 59.0 cm³/mol. The summed E-state index contributed by atoms with van der Waals surface area (Å²) >= 11 is 0. The Balaban J connectivity index is 3.13. The fourth-order valence-electron chi connectivity index (χ4n) is 1.18. The van der Waals surface area contributed by atoms with Crippen LogP contribution in [0.25, 0.3) is 0 Å². The maximum Gasteiger partial charge on any atom is 0.285 e. The van der Waals surface area contributed by atoms with E-state index in [0.717, 1.165) is 6.07 Å². The summed E-state index contributed by atoms with van der Waals surface area (Å²) in [5.41, 5.74) is 8.41. The Morgan fingerprint density at radius 2 is 2.06 bits per heavy atom. The summed E-state index contributed by atoms with van der Waals surface area (Å²) in [6, 6.07) is 1.36. The van der Waals surface area contributed by atoms with Crippen LogP contribution < -0.4 is 16.8 Å². The van der Waals surface area contributed by atoms with Crippen molar-refractivity contribution in [3.8, 4) is 0 Å². The van der Waals surface area contributed by atoms with Crippen LogP contribution in [-0.4, -0.2) is 23.3 Å². The largest absolute Gasteiger partial charge is 0.396 e. The van der Waals surface area contributed by atoms with Gasteiger partial charge in [-0.2, -0.15) is 0 Å². The van der Waals surface area contributed by atoms with Crippen molar-refractivity contribution in [3.63, 3.8) is 0 Å². The molecule has 0 aliphatic rings. The molecule has 0 aliphatic heterocycles. The second kappa shape index (κ2) is 5.08. The van der Waals surface area contributed by atoms with Crippen LogP contribution in [0.2, 0.25) is 0 Å². The molecule has 0 bridgehead atoms. The van der Waals surface area contributed by atoms with Gasteiger partial charge in [0.15, 0.2) is 5.82 Å². The minimum absolute atomic E-state index is 0.412.